The maximum atomic E-state index is 12.3. The smallest absolute Gasteiger partial charge is 0.410 e. The zero-order chi connectivity index (χ0) is 18.6. The maximum absolute atomic E-state index is 12.3. The van der Waals surface area contributed by atoms with E-state index in [1.54, 1.807) is 0 Å². The molecule has 0 atom stereocenters. The lowest BCUT2D eigenvalue weighted by molar-refractivity contribution is 0.0808. The van der Waals surface area contributed by atoms with Crippen molar-refractivity contribution in [2.45, 2.75) is 26.0 Å². The van der Waals surface area contributed by atoms with Gasteiger partial charge in [0.05, 0.1) is 0 Å². The van der Waals surface area contributed by atoms with Gasteiger partial charge in [0.2, 0.25) is 0 Å². The summed E-state index contributed by atoms with van der Waals surface area (Å²) in [7, 11) is 0. The van der Waals surface area contributed by atoms with Crippen molar-refractivity contribution < 1.29 is 9.53 Å². The monoisotopic (exact) mass is 427 g/mol. The molecule has 5 nitrogen and oxygen atoms in total. The molecule has 0 N–H and O–H groups in total. The first-order valence-corrected chi connectivity index (χ1v) is 10.0. The van der Waals surface area contributed by atoms with Crippen LogP contribution in [-0.2, 0) is 17.9 Å². The van der Waals surface area contributed by atoms with E-state index in [1.807, 2.05) is 47.5 Å². The molecule has 4 rings (SSSR count). The second-order valence-corrected chi connectivity index (χ2v) is 7.82. The molecule has 0 saturated carbocycles. The van der Waals surface area contributed by atoms with Gasteiger partial charge in [0.1, 0.15) is 12.3 Å². The van der Waals surface area contributed by atoms with E-state index in [9.17, 15) is 4.79 Å². The SMILES string of the molecule is O=C(OCc1ccccc1)N1CCC(Cn2ccc3c(Br)ccnc32)CC1. The Labute approximate surface area is 167 Å². The van der Waals surface area contributed by atoms with Gasteiger partial charge in [-0.3, -0.25) is 0 Å². The molecule has 1 fully saturated rings. The quantitative estimate of drug-likeness (QED) is 0.597. The number of fused-ring (bicyclic) bond motifs is 1. The van der Waals surface area contributed by atoms with Crippen molar-refractivity contribution in [1.82, 2.24) is 14.5 Å². The fourth-order valence-corrected chi connectivity index (χ4v) is 4.02. The Morgan fingerprint density at radius 2 is 1.93 bits per heavy atom. The number of nitrogens with zero attached hydrogens (tertiary/aromatic N) is 3. The Balaban J connectivity index is 1.29. The molecule has 1 amide bonds. The lowest BCUT2D eigenvalue weighted by Crippen LogP contribution is -2.39. The lowest BCUT2D eigenvalue weighted by Gasteiger charge is -2.31. The number of likely N-dealkylation sites (tertiary alicyclic amines) is 1. The number of ether oxygens (including phenoxy) is 1. The van der Waals surface area contributed by atoms with Crippen molar-refractivity contribution in [3.05, 3.63) is 64.9 Å². The largest absolute Gasteiger partial charge is 0.445 e. The first kappa shape index (κ1) is 18.0. The van der Waals surface area contributed by atoms with E-state index in [1.165, 1.54) is 0 Å². The number of hydrogen-bond donors (Lipinski definition) is 0. The zero-order valence-electron chi connectivity index (χ0n) is 15.1. The normalized spacial score (nSPS) is 15.2. The van der Waals surface area contributed by atoms with Gasteiger partial charge in [0.15, 0.2) is 0 Å². The van der Waals surface area contributed by atoms with Gasteiger partial charge in [0, 0.05) is 41.9 Å². The van der Waals surface area contributed by atoms with E-state index >= 15 is 0 Å². The average Bonchev–Trinajstić information content (AvgIpc) is 3.12. The summed E-state index contributed by atoms with van der Waals surface area (Å²) in [4.78, 5) is 18.6. The minimum absolute atomic E-state index is 0.214. The van der Waals surface area contributed by atoms with Crippen LogP contribution in [0.4, 0.5) is 4.79 Å². The summed E-state index contributed by atoms with van der Waals surface area (Å²) < 4.78 is 8.73. The molecule has 2 aromatic heterocycles. The molecule has 3 heterocycles. The Hall–Kier alpha value is -2.34. The number of aromatic nitrogens is 2. The van der Waals surface area contributed by atoms with Crippen LogP contribution >= 0.6 is 15.9 Å². The van der Waals surface area contributed by atoms with Crippen LogP contribution in [0.3, 0.4) is 0 Å². The second kappa shape index (κ2) is 8.13. The number of benzene rings is 1. The van der Waals surface area contributed by atoms with Gasteiger partial charge in [-0.25, -0.2) is 9.78 Å². The molecule has 27 heavy (non-hydrogen) atoms. The molecule has 3 aromatic rings. The van der Waals surface area contributed by atoms with Gasteiger partial charge < -0.3 is 14.2 Å². The molecule has 0 aliphatic carbocycles. The molecule has 0 unspecified atom stereocenters. The minimum atomic E-state index is -0.214. The van der Waals surface area contributed by atoms with E-state index in [2.05, 4.69) is 37.7 Å². The van der Waals surface area contributed by atoms with Crippen LogP contribution in [0.25, 0.3) is 11.0 Å². The van der Waals surface area contributed by atoms with Crippen molar-refractivity contribution in [2.75, 3.05) is 13.1 Å². The van der Waals surface area contributed by atoms with Gasteiger partial charge >= 0.3 is 6.09 Å². The second-order valence-electron chi connectivity index (χ2n) is 6.97. The third-order valence-electron chi connectivity index (χ3n) is 5.14. The summed E-state index contributed by atoms with van der Waals surface area (Å²) in [6.45, 7) is 2.75. The summed E-state index contributed by atoms with van der Waals surface area (Å²) in [5.74, 6) is 0.541. The number of hydrogen-bond acceptors (Lipinski definition) is 3. The van der Waals surface area contributed by atoms with Crippen molar-refractivity contribution in [1.29, 1.82) is 0 Å². The summed E-state index contributed by atoms with van der Waals surface area (Å²) in [5, 5.41) is 1.14. The van der Waals surface area contributed by atoms with E-state index in [-0.39, 0.29) is 6.09 Å². The van der Waals surface area contributed by atoms with Crippen LogP contribution in [0.2, 0.25) is 0 Å². The van der Waals surface area contributed by atoms with Gasteiger partial charge in [-0.05, 0) is 52.4 Å². The summed E-state index contributed by atoms with van der Waals surface area (Å²) in [5.41, 5.74) is 2.02. The zero-order valence-corrected chi connectivity index (χ0v) is 16.6. The van der Waals surface area contributed by atoms with Crippen LogP contribution in [-0.4, -0.2) is 33.6 Å². The first-order valence-electron chi connectivity index (χ1n) is 9.25. The van der Waals surface area contributed by atoms with E-state index in [4.69, 9.17) is 4.74 Å². The van der Waals surface area contributed by atoms with E-state index in [0.29, 0.717) is 12.5 Å². The van der Waals surface area contributed by atoms with Gasteiger partial charge in [0.25, 0.3) is 0 Å². The highest BCUT2D eigenvalue weighted by atomic mass is 79.9. The molecule has 1 aliphatic heterocycles. The highest BCUT2D eigenvalue weighted by Crippen LogP contribution is 2.26. The number of pyridine rings is 1. The average molecular weight is 428 g/mol. The van der Waals surface area contributed by atoms with Crippen molar-refractivity contribution >= 4 is 33.1 Å². The first-order chi connectivity index (χ1) is 13.2. The fourth-order valence-electron chi connectivity index (χ4n) is 3.59. The van der Waals surface area contributed by atoms with Gasteiger partial charge in [-0.15, -0.1) is 0 Å². The predicted octanol–water partition coefficient (Wildman–Crippen LogP) is 4.85. The van der Waals surface area contributed by atoms with E-state index < -0.39 is 0 Å². The Morgan fingerprint density at radius 3 is 2.70 bits per heavy atom. The fraction of sp³-hybridized carbons (Fsp3) is 0.333. The molecule has 6 heteroatoms. The molecule has 140 valence electrons. The third-order valence-corrected chi connectivity index (χ3v) is 5.83. The van der Waals surface area contributed by atoms with Crippen molar-refractivity contribution in [3.8, 4) is 0 Å². The van der Waals surface area contributed by atoms with Gasteiger partial charge in [-0.1, -0.05) is 30.3 Å². The van der Waals surface area contributed by atoms with E-state index in [0.717, 1.165) is 53.5 Å². The van der Waals surface area contributed by atoms with Gasteiger partial charge in [-0.2, -0.15) is 0 Å². The standard InChI is InChI=1S/C21H22BrN3O2/c22-19-6-10-23-20-18(19)9-13-25(20)14-16-7-11-24(12-8-16)21(26)27-15-17-4-2-1-3-5-17/h1-6,9-10,13,16H,7-8,11-12,14-15H2. The molecule has 0 radical (unpaired) electrons. The molecule has 0 spiro atoms. The molecule has 1 aromatic carbocycles. The van der Waals surface area contributed by atoms with Crippen LogP contribution < -0.4 is 0 Å². The van der Waals surface area contributed by atoms with Crippen LogP contribution in [0.15, 0.2) is 59.3 Å². The number of rotatable bonds is 4. The Kier molecular flexibility index (Phi) is 5.43. The maximum Gasteiger partial charge on any atom is 0.410 e. The number of carbonyl (C=O) groups is 1. The van der Waals surface area contributed by atoms with Crippen LogP contribution in [0, 0.1) is 5.92 Å². The lowest BCUT2D eigenvalue weighted by atomic mass is 9.97. The molecular formula is C21H22BrN3O2. The molecule has 0 bridgehead atoms. The Bertz CT molecular complexity index is 918. The van der Waals surface area contributed by atoms with Crippen molar-refractivity contribution in [2.24, 2.45) is 5.92 Å². The predicted molar refractivity (Wildman–Crippen MR) is 108 cm³/mol. The number of carbonyl (C=O) groups excluding carboxylic acids is 1. The minimum Gasteiger partial charge on any atom is -0.445 e. The summed E-state index contributed by atoms with van der Waals surface area (Å²) in [6, 6.07) is 13.9. The molecular weight excluding hydrogens is 406 g/mol. The summed E-state index contributed by atoms with van der Waals surface area (Å²) >= 11 is 3.58. The topological polar surface area (TPSA) is 47.4 Å². The number of piperidine rings is 1. The third kappa shape index (κ3) is 4.16. The highest BCUT2D eigenvalue weighted by molar-refractivity contribution is 9.10. The van der Waals surface area contributed by atoms with Crippen LogP contribution in [0.5, 0.6) is 0 Å². The number of amides is 1. The Morgan fingerprint density at radius 1 is 1.15 bits per heavy atom. The van der Waals surface area contributed by atoms with Crippen molar-refractivity contribution in [3.63, 3.8) is 0 Å². The van der Waals surface area contributed by atoms with Crippen LogP contribution in [0.1, 0.15) is 18.4 Å². The summed E-state index contributed by atoms with van der Waals surface area (Å²) in [6.07, 6.45) is 5.67. The highest BCUT2D eigenvalue weighted by Gasteiger charge is 2.24. The number of halogens is 1. The molecule has 1 saturated heterocycles. The molecule has 1 aliphatic rings.